The minimum absolute atomic E-state index is 0.205. The summed E-state index contributed by atoms with van der Waals surface area (Å²) in [6.45, 7) is 7.51. The number of benzene rings is 2. The van der Waals surface area contributed by atoms with Gasteiger partial charge in [-0.2, -0.15) is 4.98 Å². The largest absolute Gasteiger partial charge is 0.494 e. The van der Waals surface area contributed by atoms with Gasteiger partial charge in [-0.05, 0) is 51.0 Å². The lowest BCUT2D eigenvalue weighted by Gasteiger charge is -2.41. The van der Waals surface area contributed by atoms with Crippen molar-refractivity contribution in [3.05, 3.63) is 48.8 Å². The van der Waals surface area contributed by atoms with Crippen LogP contribution >= 0.6 is 0 Å². The van der Waals surface area contributed by atoms with Crippen LogP contribution in [0.5, 0.6) is 5.75 Å². The molecule has 10 nitrogen and oxygen atoms in total. The maximum Gasteiger partial charge on any atom is 0.232 e. The average Bonchev–Trinajstić information content (AvgIpc) is 2.98. The standard InChI is InChI=1S/C29H39N7O3S/c1-21(2)40(37,38)27-12-8-7-11-25(27)33-29-31-20-30-28(34-29)32-24-14-13-23(19-26(24)39-3)36-17-15-35(16-18-36)22-9-5-4-6-10-22/h7-8,11-14,19-22H,4-6,9-10,15-18H2,1-3H3,(H2,30,31,32,33,34). The highest BCUT2D eigenvalue weighted by Crippen LogP contribution is 2.33. The van der Waals surface area contributed by atoms with Crippen LogP contribution in [0.3, 0.4) is 0 Å². The molecule has 1 saturated carbocycles. The maximum atomic E-state index is 12.8. The van der Waals surface area contributed by atoms with Crippen molar-refractivity contribution in [2.75, 3.05) is 48.8 Å². The molecule has 2 aliphatic rings. The smallest absolute Gasteiger partial charge is 0.232 e. The van der Waals surface area contributed by atoms with Crippen LogP contribution < -0.4 is 20.3 Å². The summed E-state index contributed by atoms with van der Waals surface area (Å²) in [7, 11) is -1.84. The molecule has 1 saturated heterocycles. The highest BCUT2D eigenvalue weighted by molar-refractivity contribution is 7.92. The Labute approximate surface area is 237 Å². The van der Waals surface area contributed by atoms with Gasteiger partial charge in [-0.15, -0.1) is 0 Å². The third-order valence-corrected chi connectivity index (χ3v) is 10.0. The third-order valence-electron chi connectivity index (χ3n) is 7.83. The molecule has 0 radical (unpaired) electrons. The second-order valence-electron chi connectivity index (χ2n) is 10.7. The second kappa shape index (κ2) is 12.4. The molecule has 1 aliphatic heterocycles. The number of sulfone groups is 1. The fourth-order valence-electron chi connectivity index (χ4n) is 5.50. The first-order valence-electron chi connectivity index (χ1n) is 14.1. The van der Waals surface area contributed by atoms with Gasteiger partial charge in [0.25, 0.3) is 0 Å². The Morgan fingerprint density at radius 2 is 1.57 bits per heavy atom. The van der Waals surface area contributed by atoms with Gasteiger partial charge in [-0.25, -0.2) is 18.4 Å². The molecule has 1 aromatic heterocycles. The molecule has 5 rings (SSSR count). The second-order valence-corrected chi connectivity index (χ2v) is 13.1. The van der Waals surface area contributed by atoms with E-state index in [9.17, 15) is 8.42 Å². The molecule has 0 atom stereocenters. The predicted octanol–water partition coefficient (Wildman–Crippen LogP) is 5.00. The van der Waals surface area contributed by atoms with Gasteiger partial charge in [0.1, 0.15) is 12.1 Å². The summed E-state index contributed by atoms with van der Waals surface area (Å²) in [4.78, 5) is 18.2. The van der Waals surface area contributed by atoms with Crippen molar-refractivity contribution in [1.29, 1.82) is 0 Å². The number of nitrogens with one attached hydrogen (secondary N) is 2. The Morgan fingerprint density at radius 1 is 0.900 bits per heavy atom. The summed E-state index contributed by atoms with van der Waals surface area (Å²) < 4.78 is 31.4. The van der Waals surface area contributed by atoms with Gasteiger partial charge >= 0.3 is 0 Å². The van der Waals surface area contributed by atoms with E-state index in [1.807, 2.05) is 12.1 Å². The van der Waals surface area contributed by atoms with E-state index in [2.05, 4.69) is 41.5 Å². The van der Waals surface area contributed by atoms with Crippen LogP contribution in [0.1, 0.15) is 46.0 Å². The minimum Gasteiger partial charge on any atom is -0.494 e. The monoisotopic (exact) mass is 565 g/mol. The van der Waals surface area contributed by atoms with E-state index in [-0.39, 0.29) is 10.8 Å². The van der Waals surface area contributed by atoms with Crippen LogP contribution in [-0.4, -0.2) is 72.9 Å². The fraction of sp³-hybridized carbons (Fsp3) is 0.483. The molecule has 2 heterocycles. The molecule has 1 aliphatic carbocycles. The number of nitrogens with zero attached hydrogens (tertiary/aromatic N) is 5. The first kappa shape index (κ1) is 28.1. The van der Waals surface area contributed by atoms with E-state index in [1.54, 1.807) is 45.2 Å². The zero-order valence-corrected chi connectivity index (χ0v) is 24.3. The van der Waals surface area contributed by atoms with Crippen molar-refractivity contribution in [2.24, 2.45) is 0 Å². The quantitative estimate of drug-likeness (QED) is 0.367. The van der Waals surface area contributed by atoms with Crippen molar-refractivity contribution >= 4 is 38.8 Å². The van der Waals surface area contributed by atoms with E-state index in [0.29, 0.717) is 17.4 Å². The predicted molar refractivity (Wildman–Crippen MR) is 159 cm³/mol. The fourth-order valence-corrected chi connectivity index (χ4v) is 6.70. The Morgan fingerprint density at radius 3 is 2.25 bits per heavy atom. The molecule has 40 heavy (non-hydrogen) atoms. The van der Waals surface area contributed by atoms with E-state index in [1.165, 1.54) is 38.4 Å². The van der Waals surface area contributed by atoms with Gasteiger partial charge in [-0.3, -0.25) is 4.90 Å². The zero-order valence-electron chi connectivity index (χ0n) is 23.5. The lowest BCUT2D eigenvalue weighted by molar-refractivity contribution is 0.148. The third kappa shape index (κ3) is 6.31. The first-order valence-corrected chi connectivity index (χ1v) is 15.6. The van der Waals surface area contributed by atoms with Crippen molar-refractivity contribution < 1.29 is 13.2 Å². The molecule has 11 heteroatoms. The van der Waals surface area contributed by atoms with Crippen LogP contribution in [0.15, 0.2) is 53.7 Å². The number of para-hydroxylation sites is 1. The first-order chi connectivity index (χ1) is 19.3. The van der Waals surface area contributed by atoms with Crippen molar-refractivity contribution in [3.8, 4) is 5.75 Å². The molecule has 0 unspecified atom stereocenters. The minimum atomic E-state index is -3.49. The summed E-state index contributed by atoms with van der Waals surface area (Å²) in [5.74, 6) is 1.24. The number of aromatic nitrogens is 3. The summed E-state index contributed by atoms with van der Waals surface area (Å²) in [5, 5.41) is 5.71. The molecule has 0 spiro atoms. The molecule has 0 bridgehead atoms. The van der Waals surface area contributed by atoms with Gasteiger partial charge < -0.3 is 20.3 Å². The van der Waals surface area contributed by atoms with Crippen LogP contribution in [0, 0.1) is 0 Å². The van der Waals surface area contributed by atoms with Gasteiger partial charge in [-0.1, -0.05) is 31.4 Å². The molecule has 2 fully saturated rings. The normalized spacial score (nSPS) is 17.1. The maximum absolute atomic E-state index is 12.8. The lowest BCUT2D eigenvalue weighted by Crippen LogP contribution is -2.50. The van der Waals surface area contributed by atoms with Crippen LogP contribution in [-0.2, 0) is 9.84 Å². The highest BCUT2D eigenvalue weighted by atomic mass is 32.2. The topological polar surface area (TPSA) is 113 Å². The Kier molecular flexibility index (Phi) is 8.70. The number of hydrogen-bond acceptors (Lipinski definition) is 10. The average molecular weight is 566 g/mol. The zero-order chi connectivity index (χ0) is 28.1. The number of rotatable bonds is 9. The Balaban J connectivity index is 1.27. The molecule has 2 N–H and O–H groups in total. The Hall–Kier alpha value is -3.44. The lowest BCUT2D eigenvalue weighted by atomic mass is 9.94. The molecule has 214 valence electrons. The summed E-state index contributed by atoms with van der Waals surface area (Å²) in [6, 6.07) is 13.6. The SMILES string of the molecule is COc1cc(N2CCN(C3CCCCC3)CC2)ccc1Nc1ncnc(Nc2ccccc2S(=O)(=O)C(C)C)n1. The van der Waals surface area contributed by atoms with Crippen molar-refractivity contribution in [3.63, 3.8) is 0 Å². The van der Waals surface area contributed by atoms with E-state index >= 15 is 0 Å². The van der Waals surface area contributed by atoms with Crippen molar-refractivity contribution in [2.45, 2.75) is 62.1 Å². The van der Waals surface area contributed by atoms with Crippen molar-refractivity contribution in [1.82, 2.24) is 19.9 Å². The Bertz CT molecular complexity index is 1400. The molecular weight excluding hydrogens is 526 g/mol. The van der Waals surface area contributed by atoms with Crippen LogP contribution in [0.25, 0.3) is 0 Å². The molecule has 2 aromatic carbocycles. The number of hydrogen-bond donors (Lipinski definition) is 2. The van der Waals surface area contributed by atoms with E-state index in [0.717, 1.165) is 43.6 Å². The van der Waals surface area contributed by atoms with Gasteiger partial charge in [0.15, 0.2) is 9.84 Å². The van der Waals surface area contributed by atoms with E-state index < -0.39 is 15.1 Å². The van der Waals surface area contributed by atoms with Gasteiger partial charge in [0.05, 0.1) is 28.6 Å². The van der Waals surface area contributed by atoms with Crippen LogP contribution in [0.2, 0.25) is 0 Å². The molecule has 0 amide bonds. The number of piperazine rings is 1. The summed E-state index contributed by atoms with van der Waals surface area (Å²) >= 11 is 0. The number of anilines is 5. The van der Waals surface area contributed by atoms with Gasteiger partial charge in [0.2, 0.25) is 11.9 Å². The van der Waals surface area contributed by atoms with Gasteiger partial charge in [0, 0.05) is 44.0 Å². The number of methoxy groups -OCH3 is 1. The van der Waals surface area contributed by atoms with E-state index in [4.69, 9.17) is 4.74 Å². The summed E-state index contributed by atoms with van der Waals surface area (Å²) in [6.07, 6.45) is 8.17. The molecular formula is C29H39N7O3S. The summed E-state index contributed by atoms with van der Waals surface area (Å²) in [5.41, 5.74) is 2.28. The highest BCUT2D eigenvalue weighted by Gasteiger charge is 2.26. The van der Waals surface area contributed by atoms with Crippen LogP contribution in [0.4, 0.5) is 29.0 Å². The molecule has 3 aromatic rings. The number of ether oxygens (including phenoxy) is 1.